The molecule has 0 unspecified atom stereocenters. The molecule has 0 spiro atoms. The summed E-state index contributed by atoms with van der Waals surface area (Å²) in [7, 11) is 0. The van der Waals surface area contributed by atoms with Crippen molar-refractivity contribution < 1.29 is 28.4 Å². The molecule has 0 fully saturated rings. The smallest absolute Gasteiger partial charge is 0.336 e. The van der Waals surface area contributed by atoms with Gasteiger partial charge in [-0.2, -0.15) is 0 Å². The maximum Gasteiger partial charge on any atom is 0.336 e. The van der Waals surface area contributed by atoms with E-state index in [2.05, 4.69) is 21.9 Å². The van der Waals surface area contributed by atoms with Gasteiger partial charge in [-0.05, 0) is 125 Å². The summed E-state index contributed by atoms with van der Waals surface area (Å²) in [6.07, 6.45) is 0.663. The number of ether oxygens (including phenoxy) is 6. The normalized spacial score (nSPS) is 11.4. The predicted molar refractivity (Wildman–Crippen MR) is 229 cm³/mol. The lowest BCUT2D eigenvalue weighted by Crippen LogP contribution is -2.55. The second-order valence-corrected chi connectivity index (χ2v) is 15.8. The monoisotopic (exact) mass is 805 g/mol. The fraction of sp³-hybridized carbons (Fsp3) is 0.854. The Hall–Kier alpha value is -3.30. The third-order valence-electron chi connectivity index (χ3n) is 6.68. The van der Waals surface area contributed by atoms with Crippen molar-refractivity contribution >= 4 is 0 Å². The van der Waals surface area contributed by atoms with Gasteiger partial charge < -0.3 is 28.4 Å². The van der Waals surface area contributed by atoms with E-state index >= 15 is 0 Å². The highest BCUT2D eigenvalue weighted by Crippen LogP contribution is 2.21. The zero-order valence-corrected chi connectivity index (χ0v) is 36.2. The lowest BCUT2D eigenvalue weighted by Gasteiger charge is -2.31. The Bertz CT molecular complexity index is 1290. The summed E-state index contributed by atoms with van der Waals surface area (Å²) in [6, 6.07) is -0.189. The van der Waals surface area contributed by atoms with Gasteiger partial charge in [0.15, 0.2) is 0 Å². The Balaban J connectivity index is -0.000000353. The number of hydrogen-bond acceptors (Lipinski definition) is 12. The number of nitrogens with zero attached hydrogens (tertiary/aromatic N) is 6. The Labute approximate surface area is 339 Å². The maximum atomic E-state index is 12.2. The van der Waals surface area contributed by atoms with Gasteiger partial charge in [-0.15, -0.1) is 15.0 Å². The predicted octanol–water partition coefficient (Wildman–Crippen LogP) is 8.32. The van der Waals surface area contributed by atoms with Crippen molar-refractivity contribution in [1.82, 2.24) is 28.7 Å². The molecule has 0 N–H and O–H groups in total. The summed E-state index contributed by atoms with van der Waals surface area (Å²) in [6.45, 7) is 38.4. The first-order valence-electron chi connectivity index (χ1n) is 18.9. The average molecular weight is 805 g/mol. The Morgan fingerprint density at radius 1 is 0.411 bits per heavy atom. The molecule has 332 valence electrons. The molecular formula is C41H84N6O9. The summed E-state index contributed by atoms with van der Waals surface area (Å²) in [5, 5.41) is 0. The SMILES string of the molecule is C.C.C.CC(C)OCC(C)(COC(C)C)COC(C)C.CC(C)Oc1nc(OC(C)C)nc(OC(C)C)n1.CC(C)n1c(=O)n(C(C)C)c(=O)n(C(C)C)c1=O. The van der Waals surface area contributed by atoms with Crippen molar-refractivity contribution in [2.24, 2.45) is 5.41 Å². The highest BCUT2D eigenvalue weighted by Gasteiger charge is 2.27. The molecule has 2 rings (SSSR count). The van der Waals surface area contributed by atoms with E-state index in [1.807, 2.05) is 83.1 Å². The molecule has 0 aromatic carbocycles. The highest BCUT2D eigenvalue weighted by molar-refractivity contribution is 5.09. The van der Waals surface area contributed by atoms with Crippen LogP contribution in [0.15, 0.2) is 14.4 Å². The van der Waals surface area contributed by atoms with Gasteiger partial charge in [0.2, 0.25) is 0 Å². The maximum absolute atomic E-state index is 12.2. The summed E-state index contributed by atoms with van der Waals surface area (Å²) < 4.78 is 36.8. The summed E-state index contributed by atoms with van der Waals surface area (Å²) in [5.41, 5.74) is -1.68. The molecule has 0 amide bonds. The van der Waals surface area contributed by atoms with Crippen LogP contribution in [0.25, 0.3) is 0 Å². The van der Waals surface area contributed by atoms with Crippen molar-refractivity contribution in [2.75, 3.05) is 19.8 Å². The molecule has 0 aliphatic carbocycles. The molecule has 0 aliphatic rings. The molecule has 56 heavy (non-hydrogen) atoms. The van der Waals surface area contributed by atoms with Crippen LogP contribution in [0.2, 0.25) is 0 Å². The Kier molecular flexibility index (Phi) is 29.9. The molecule has 0 aliphatic heterocycles. The topological polar surface area (TPSA) is 160 Å². The van der Waals surface area contributed by atoms with E-state index in [0.29, 0.717) is 19.8 Å². The molecule has 15 nitrogen and oxygen atoms in total. The largest absolute Gasteiger partial charge is 0.461 e. The van der Waals surface area contributed by atoms with Gasteiger partial charge in [0.05, 0.1) is 56.4 Å². The minimum Gasteiger partial charge on any atom is -0.461 e. The van der Waals surface area contributed by atoms with E-state index < -0.39 is 17.1 Å². The van der Waals surface area contributed by atoms with E-state index in [-0.39, 0.29) is 100 Å². The van der Waals surface area contributed by atoms with Crippen LogP contribution in [0.4, 0.5) is 0 Å². The van der Waals surface area contributed by atoms with Gasteiger partial charge in [0, 0.05) is 23.5 Å². The van der Waals surface area contributed by atoms with Gasteiger partial charge >= 0.3 is 35.1 Å². The molecule has 0 saturated heterocycles. The van der Waals surface area contributed by atoms with Crippen LogP contribution < -0.4 is 31.3 Å². The van der Waals surface area contributed by atoms with Gasteiger partial charge in [-0.3, -0.25) is 0 Å². The number of hydrogen-bond donors (Lipinski definition) is 0. The third kappa shape index (κ3) is 22.4. The molecular weight excluding hydrogens is 720 g/mol. The van der Waals surface area contributed by atoms with Crippen molar-refractivity contribution in [3.63, 3.8) is 0 Å². The highest BCUT2D eigenvalue weighted by atomic mass is 16.5. The van der Waals surface area contributed by atoms with E-state index in [9.17, 15) is 14.4 Å². The van der Waals surface area contributed by atoms with Crippen LogP contribution in [0.3, 0.4) is 0 Å². The zero-order valence-electron chi connectivity index (χ0n) is 36.2. The second kappa shape index (κ2) is 28.2. The van der Waals surface area contributed by atoms with E-state index in [0.717, 1.165) is 13.7 Å². The van der Waals surface area contributed by atoms with Crippen molar-refractivity contribution in [2.45, 2.75) is 209 Å². The van der Waals surface area contributed by atoms with Crippen molar-refractivity contribution in [3.05, 3.63) is 31.5 Å². The average Bonchev–Trinajstić information content (AvgIpc) is 2.97. The standard InChI is InChI=1S/C14H30O3.2C12H21N3O3.3CH4/c1-11(2)15-8-14(7,9-16-12(3)4)10-17-13(5)6;1-7(2)16-10-13-11(17-8(3)4)15-12(14-10)18-9(5)6;1-7(2)13-10(16)14(8(3)4)12(18)15(9(5)6)11(13)17;;;/h11-13H,8-10H2,1-7H3;2*7-9H,1-6H3;3*1H4. The summed E-state index contributed by atoms with van der Waals surface area (Å²) in [4.78, 5) is 48.8. The second-order valence-electron chi connectivity index (χ2n) is 15.8. The van der Waals surface area contributed by atoms with Gasteiger partial charge in [0.1, 0.15) is 0 Å². The Morgan fingerprint density at radius 3 is 0.750 bits per heavy atom. The van der Waals surface area contributed by atoms with E-state index in [4.69, 9.17) is 28.4 Å². The fourth-order valence-corrected chi connectivity index (χ4v) is 4.26. The van der Waals surface area contributed by atoms with Crippen LogP contribution >= 0.6 is 0 Å². The lowest BCUT2D eigenvalue weighted by molar-refractivity contribution is -0.0923. The fourth-order valence-electron chi connectivity index (χ4n) is 4.26. The molecule has 2 heterocycles. The first kappa shape index (κ1) is 59.4. The van der Waals surface area contributed by atoms with Gasteiger partial charge in [0.25, 0.3) is 0 Å². The molecule has 15 heteroatoms. The minimum absolute atomic E-state index is 0. The molecule has 0 saturated carbocycles. The van der Waals surface area contributed by atoms with Crippen LogP contribution in [0, 0.1) is 5.41 Å². The number of rotatable bonds is 18. The molecule has 2 aromatic rings. The van der Waals surface area contributed by atoms with Crippen LogP contribution in [-0.2, 0) is 14.2 Å². The van der Waals surface area contributed by atoms with Gasteiger partial charge in [-0.25, -0.2) is 28.1 Å². The summed E-state index contributed by atoms with van der Waals surface area (Å²) in [5.74, 6) is 0. The minimum atomic E-state index is -0.535. The van der Waals surface area contributed by atoms with Crippen molar-refractivity contribution in [1.29, 1.82) is 0 Å². The third-order valence-corrected chi connectivity index (χ3v) is 6.68. The zero-order chi connectivity index (χ0) is 41.4. The Morgan fingerprint density at radius 2 is 0.607 bits per heavy atom. The molecule has 0 atom stereocenters. The molecule has 0 radical (unpaired) electrons. The quantitative estimate of drug-likeness (QED) is 0.142. The molecule has 2 aromatic heterocycles. The first-order valence-corrected chi connectivity index (χ1v) is 18.9. The first-order chi connectivity index (χ1) is 24.3. The molecule has 0 bridgehead atoms. The van der Waals surface area contributed by atoms with Crippen LogP contribution in [0.1, 0.15) is 172 Å². The van der Waals surface area contributed by atoms with E-state index in [1.54, 1.807) is 41.5 Å². The summed E-state index contributed by atoms with van der Waals surface area (Å²) >= 11 is 0. The van der Waals surface area contributed by atoms with Crippen LogP contribution in [-0.4, -0.2) is 85.1 Å². The van der Waals surface area contributed by atoms with E-state index in [1.165, 1.54) is 0 Å². The van der Waals surface area contributed by atoms with Crippen LogP contribution in [0.5, 0.6) is 18.0 Å². The lowest BCUT2D eigenvalue weighted by atomic mass is 9.94. The number of aromatic nitrogens is 6. The van der Waals surface area contributed by atoms with Gasteiger partial charge in [-0.1, -0.05) is 29.2 Å². The van der Waals surface area contributed by atoms with Crippen molar-refractivity contribution in [3.8, 4) is 18.0 Å².